The summed E-state index contributed by atoms with van der Waals surface area (Å²) in [5.74, 6) is -0.298. The van der Waals surface area contributed by atoms with E-state index in [4.69, 9.17) is 9.47 Å². The third kappa shape index (κ3) is 5.85. The summed E-state index contributed by atoms with van der Waals surface area (Å²) in [4.78, 5) is 11.9. The molecule has 0 aliphatic rings. The summed E-state index contributed by atoms with van der Waals surface area (Å²) in [6.45, 7) is 4.45. The van der Waals surface area contributed by atoms with Crippen LogP contribution in [0.3, 0.4) is 0 Å². The Labute approximate surface area is 157 Å². The maximum absolute atomic E-state index is 11.9. The smallest absolute Gasteiger partial charge is 0.341 e. The van der Waals surface area contributed by atoms with Gasteiger partial charge in [0.05, 0.1) is 25.6 Å². The van der Waals surface area contributed by atoms with Crippen molar-refractivity contribution in [3.63, 3.8) is 0 Å². The third-order valence-electron chi connectivity index (χ3n) is 3.44. The molecule has 0 saturated heterocycles. The lowest BCUT2D eigenvalue weighted by molar-refractivity contribution is 0.0502. The number of carbonyl (C=O) groups excluding carboxylic acids is 1. The van der Waals surface area contributed by atoms with Gasteiger partial charge in [-0.2, -0.15) is 10.2 Å². The molecule has 2 aromatic rings. The van der Waals surface area contributed by atoms with Crippen molar-refractivity contribution in [1.82, 2.24) is 0 Å². The number of hydrogen-bond acceptors (Lipinski definition) is 7. The van der Waals surface area contributed by atoms with Gasteiger partial charge in [0.2, 0.25) is 0 Å². The Morgan fingerprint density at radius 3 is 2.26 bits per heavy atom. The van der Waals surface area contributed by atoms with E-state index in [0.717, 1.165) is 0 Å². The standard InChI is InChI=1S/C20H22N2O5/c1-3-9-27-20(25)16-10-14(5-7-17(16)23)12-21-22-13-15-6-8-18(24)19(11-15)26-4-2/h5-8,10-13,23-24H,3-4,9H2,1-2H3/b21-12+,22-13+. The second-order valence-corrected chi connectivity index (χ2v) is 5.56. The highest BCUT2D eigenvalue weighted by atomic mass is 16.5. The molecule has 2 rings (SSSR count). The number of esters is 1. The number of nitrogens with zero attached hydrogens (tertiary/aromatic N) is 2. The van der Waals surface area contributed by atoms with Gasteiger partial charge in [0.1, 0.15) is 11.3 Å². The van der Waals surface area contributed by atoms with Crippen molar-refractivity contribution in [2.45, 2.75) is 20.3 Å². The van der Waals surface area contributed by atoms with Crippen molar-refractivity contribution in [1.29, 1.82) is 0 Å². The average Bonchev–Trinajstić information content (AvgIpc) is 2.67. The molecule has 0 amide bonds. The molecule has 0 aromatic heterocycles. The largest absolute Gasteiger partial charge is 0.507 e. The third-order valence-corrected chi connectivity index (χ3v) is 3.44. The quantitative estimate of drug-likeness (QED) is 0.421. The molecule has 7 heteroatoms. The van der Waals surface area contributed by atoms with Crippen LogP contribution in [-0.2, 0) is 4.74 Å². The summed E-state index contributed by atoms with van der Waals surface area (Å²) in [7, 11) is 0. The molecular weight excluding hydrogens is 348 g/mol. The Morgan fingerprint density at radius 1 is 1.00 bits per heavy atom. The van der Waals surface area contributed by atoms with E-state index in [0.29, 0.717) is 29.9 Å². The van der Waals surface area contributed by atoms with Gasteiger partial charge in [-0.3, -0.25) is 0 Å². The predicted molar refractivity (Wildman–Crippen MR) is 103 cm³/mol. The Balaban J connectivity index is 2.08. The topological polar surface area (TPSA) is 101 Å². The highest BCUT2D eigenvalue weighted by molar-refractivity contribution is 5.95. The van der Waals surface area contributed by atoms with Gasteiger partial charge in [-0.25, -0.2) is 4.79 Å². The van der Waals surface area contributed by atoms with E-state index in [1.165, 1.54) is 30.6 Å². The Bertz CT molecular complexity index is 846. The Hall–Kier alpha value is -3.35. The van der Waals surface area contributed by atoms with Crippen molar-refractivity contribution >= 4 is 18.4 Å². The first-order chi connectivity index (χ1) is 13.0. The van der Waals surface area contributed by atoms with Crippen LogP contribution in [0.1, 0.15) is 41.8 Å². The highest BCUT2D eigenvalue weighted by Crippen LogP contribution is 2.26. The SMILES string of the molecule is CCCOC(=O)c1cc(/C=N/N=C/c2ccc(O)c(OCC)c2)ccc1O. The minimum Gasteiger partial charge on any atom is -0.507 e. The fraction of sp³-hybridized carbons (Fsp3) is 0.250. The molecule has 0 bridgehead atoms. The molecule has 142 valence electrons. The molecule has 0 radical (unpaired) electrons. The number of aromatic hydroxyl groups is 2. The minimum atomic E-state index is -0.583. The number of ether oxygens (including phenoxy) is 2. The second kappa shape index (κ2) is 9.96. The Kier molecular flexibility index (Phi) is 7.37. The van der Waals surface area contributed by atoms with Gasteiger partial charge in [0.25, 0.3) is 0 Å². The first-order valence-electron chi connectivity index (χ1n) is 8.57. The van der Waals surface area contributed by atoms with E-state index in [2.05, 4.69) is 10.2 Å². The van der Waals surface area contributed by atoms with Gasteiger partial charge >= 0.3 is 5.97 Å². The molecule has 2 N–H and O–H groups in total. The van der Waals surface area contributed by atoms with Gasteiger partial charge in [0.15, 0.2) is 11.5 Å². The van der Waals surface area contributed by atoms with E-state index in [-0.39, 0.29) is 23.7 Å². The average molecular weight is 370 g/mol. The van der Waals surface area contributed by atoms with Gasteiger partial charge in [-0.15, -0.1) is 0 Å². The van der Waals surface area contributed by atoms with E-state index in [1.54, 1.807) is 18.2 Å². The molecule has 2 aromatic carbocycles. The zero-order chi connectivity index (χ0) is 19.6. The molecule has 0 atom stereocenters. The second-order valence-electron chi connectivity index (χ2n) is 5.56. The van der Waals surface area contributed by atoms with Gasteiger partial charge in [-0.1, -0.05) is 6.92 Å². The Morgan fingerprint density at radius 2 is 1.63 bits per heavy atom. The van der Waals surface area contributed by atoms with Crippen LogP contribution < -0.4 is 4.74 Å². The number of rotatable bonds is 8. The van der Waals surface area contributed by atoms with Gasteiger partial charge < -0.3 is 19.7 Å². The van der Waals surface area contributed by atoms with Crippen LogP contribution in [0.2, 0.25) is 0 Å². The first-order valence-corrected chi connectivity index (χ1v) is 8.57. The normalized spacial score (nSPS) is 11.2. The summed E-state index contributed by atoms with van der Waals surface area (Å²) in [5, 5.41) is 27.4. The molecule has 0 fully saturated rings. The van der Waals surface area contributed by atoms with Crippen LogP contribution in [0.5, 0.6) is 17.2 Å². The zero-order valence-corrected chi connectivity index (χ0v) is 15.3. The number of hydrogen-bond donors (Lipinski definition) is 2. The fourth-order valence-electron chi connectivity index (χ4n) is 2.15. The van der Waals surface area contributed by atoms with Crippen molar-refractivity contribution in [3.8, 4) is 17.2 Å². The van der Waals surface area contributed by atoms with Crippen molar-refractivity contribution in [3.05, 3.63) is 53.1 Å². The molecule has 27 heavy (non-hydrogen) atoms. The summed E-state index contributed by atoms with van der Waals surface area (Å²) >= 11 is 0. The highest BCUT2D eigenvalue weighted by Gasteiger charge is 2.12. The number of phenolic OH excluding ortho intramolecular Hbond substituents is 2. The van der Waals surface area contributed by atoms with Crippen molar-refractivity contribution in [2.75, 3.05) is 13.2 Å². The lowest BCUT2D eigenvalue weighted by atomic mass is 10.1. The predicted octanol–water partition coefficient (Wildman–Crippen LogP) is 3.52. The van der Waals surface area contributed by atoms with Crippen molar-refractivity contribution < 1.29 is 24.5 Å². The van der Waals surface area contributed by atoms with Crippen LogP contribution >= 0.6 is 0 Å². The van der Waals surface area contributed by atoms with E-state index in [9.17, 15) is 15.0 Å². The summed E-state index contributed by atoms with van der Waals surface area (Å²) in [6, 6.07) is 9.35. The monoisotopic (exact) mass is 370 g/mol. The summed E-state index contributed by atoms with van der Waals surface area (Å²) in [6.07, 6.45) is 3.66. The number of benzene rings is 2. The molecule has 7 nitrogen and oxygen atoms in total. The molecule has 0 aliphatic carbocycles. The maximum Gasteiger partial charge on any atom is 0.341 e. The summed E-state index contributed by atoms with van der Waals surface area (Å²) < 4.78 is 10.3. The number of phenols is 2. The molecule has 0 spiro atoms. The lowest BCUT2D eigenvalue weighted by Gasteiger charge is -2.06. The first kappa shape index (κ1) is 20.0. The maximum atomic E-state index is 11.9. The lowest BCUT2D eigenvalue weighted by Crippen LogP contribution is -2.06. The molecule has 0 heterocycles. The molecule has 0 aliphatic heterocycles. The molecule has 0 saturated carbocycles. The summed E-state index contributed by atoms with van der Waals surface area (Å²) in [5.41, 5.74) is 1.38. The van der Waals surface area contributed by atoms with Crippen LogP contribution in [0.15, 0.2) is 46.6 Å². The van der Waals surface area contributed by atoms with E-state index >= 15 is 0 Å². The molecular formula is C20H22N2O5. The zero-order valence-electron chi connectivity index (χ0n) is 15.3. The fourth-order valence-corrected chi connectivity index (χ4v) is 2.15. The van der Waals surface area contributed by atoms with Crippen molar-refractivity contribution in [2.24, 2.45) is 10.2 Å². The van der Waals surface area contributed by atoms with Crippen LogP contribution in [0, 0.1) is 0 Å². The van der Waals surface area contributed by atoms with Crippen LogP contribution in [0.25, 0.3) is 0 Å². The number of carbonyl (C=O) groups is 1. The van der Waals surface area contributed by atoms with Crippen LogP contribution in [0.4, 0.5) is 0 Å². The molecule has 0 unspecified atom stereocenters. The van der Waals surface area contributed by atoms with E-state index in [1.807, 2.05) is 13.8 Å². The van der Waals surface area contributed by atoms with Gasteiger partial charge in [-0.05, 0) is 60.9 Å². The minimum absolute atomic E-state index is 0.0593. The van der Waals surface area contributed by atoms with E-state index < -0.39 is 5.97 Å². The van der Waals surface area contributed by atoms with Gasteiger partial charge in [0, 0.05) is 0 Å². The van der Waals surface area contributed by atoms with Crippen LogP contribution in [-0.4, -0.2) is 41.8 Å².